The van der Waals surface area contributed by atoms with Gasteiger partial charge in [-0.2, -0.15) is 4.98 Å². The first kappa shape index (κ1) is 20.4. The molecule has 0 aliphatic carbocycles. The zero-order chi connectivity index (χ0) is 22.2. The summed E-state index contributed by atoms with van der Waals surface area (Å²) in [5.74, 6) is 0.394. The van der Waals surface area contributed by atoms with Crippen LogP contribution in [0, 0.1) is 6.92 Å². The molecule has 0 radical (unpaired) electrons. The first-order valence-electron chi connectivity index (χ1n) is 10.8. The molecular weight excluding hydrogens is 410 g/mol. The van der Waals surface area contributed by atoms with Gasteiger partial charge in [-0.1, -0.05) is 24.3 Å². The maximum absolute atomic E-state index is 13.7. The number of nitrogens with one attached hydrogen (secondary N) is 1. The number of pyridine rings is 1. The standard InChI is InChI=1S/C23H25N5O4/c1-14-4-2-3-5-18(14)19-10-15-11-24-22(25-16-6-8-27(12-16)23(30)31)26-20(15)28(21(19)29)17-7-9-32-13-17/h2-5,10-11,16-17H,6-9,12-13H2,1H3,(H,30,31)(H,24,25,26)/t16-,17?/m0/s1. The van der Waals surface area contributed by atoms with Gasteiger partial charge in [0, 0.05) is 42.9 Å². The largest absolute Gasteiger partial charge is 0.465 e. The number of amides is 1. The van der Waals surface area contributed by atoms with Crippen molar-refractivity contribution in [2.45, 2.75) is 31.8 Å². The summed E-state index contributed by atoms with van der Waals surface area (Å²) in [7, 11) is 0. The van der Waals surface area contributed by atoms with Crippen LogP contribution >= 0.6 is 0 Å². The lowest BCUT2D eigenvalue weighted by molar-refractivity contribution is 0.155. The molecule has 4 heterocycles. The van der Waals surface area contributed by atoms with E-state index in [-0.39, 0.29) is 17.6 Å². The highest BCUT2D eigenvalue weighted by molar-refractivity contribution is 5.82. The van der Waals surface area contributed by atoms with E-state index in [1.807, 2.05) is 37.3 Å². The molecule has 2 N–H and O–H groups in total. The molecule has 0 spiro atoms. The van der Waals surface area contributed by atoms with Gasteiger partial charge in [0.2, 0.25) is 5.95 Å². The number of hydrogen-bond acceptors (Lipinski definition) is 6. The highest BCUT2D eigenvalue weighted by Crippen LogP contribution is 2.27. The molecule has 1 unspecified atom stereocenters. The first-order chi connectivity index (χ1) is 15.5. The minimum absolute atomic E-state index is 0.0650. The molecule has 0 bridgehead atoms. The van der Waals surface area contributed by atoms with Crippen molar-refractivity contribution in [3.63, 3.8) is 0 Å². The Balaban J connectivity index is 1.58. The number of aryl methyl sites for hydroxylation is 1. The summed E-state index contributed by atoms with van der Waals surface area (Å²) in [6.07, 6.45) is 2.23. The molecule has 3 aromatic rings. The van der Waals surface area contributed by atoms with E-state index in [1.165, 1.54) is 4.90 Å². The van der Waals surface area contributed by atoms with Gasteiger partial charge in [-0.25, -0.2) is 9.78 Å². The van der Waals surface area contributed by atoms with Gasteiger partial charge in [-0.05, 0) is 37.0 Å². The number of aromatic nitrogens is 3. The minimum Gasteiger partial charge on any atom is -0.465 e. The molecule has 2 aromatic heterocycles. The number of benzene rings is 1. The molecule has 166 valence electrons. The molecule has 32 heavy (non-hydrogen) atoms. The van der Waals surface area contributed by atoms with Crippen molar-refractivity contribution in [3.8, 4) is 11.1 Å². The lowest BCUT2D eigenvalue weighted by Gasteiger charge is -2.19. The molecule has 1 aromatic carbocycles. The van der Waals surface area contributed by atoms with Gasteiger partial charge >= 0.3 is 6.09 Å². The molecular formula is C23H25N5O4. The Morgan fingerprint density at radius 3 is 2.81 bits per heavy atom. The zero-order valence-electron chi connectivity index (χ0n) is 17.8. The monoisotopic (exact) mass is 435 g/mol. The van der Waals surface area contributed by atoms with Gasteiger partial charge in [0.15, 0.2) is 0 Å². The Morgan fingerprint density at radius 1 is 1.25 bits per heavy atom. The predicted molar refractivity (Wildman–Crippen MR) is 120 cm³/mol. The van der Waals surface area contributed by atoms with Gasteiger partial charge < -0.3 is 20.1 Å². The van der Waals surface area contributed by atoms with Crippen LogP contribution in [-0.2, 0) is 4.74 Å². The van der Waals surface area contributed by atoms with Crippen LogP contribution in [-0.4, -0.2) is 63.0 Å². The summed E-state index contributed by atoms with van der Waals surface area (Å²) in [6, 6.07) is 9.54. The third-order valence-electron chi connectivity index (χ3n) is 6.27. The van der Waals surface area contributed by atoms with E-state index in [2.05, 4.69) is 10.3 Å². The Morgan fingerprint density at radius 2 is 2.09 bits per heavy atom. The third kappa shape index (κ3) is 3.69. The van der Waals surface area contributed by atoms with Crippen LogP contribution in [0.15, 0.2) is 41.3 Å². The van der Waals surface area contributed by atoms with Crippen molar-refractivity contribution in [2.75, 3.05) is 31.6 Å². The number of carbonyl (C=O) groups is 1. The second-order valence-electron chi connectivity index (χ2n) is 8.40. The summed E-state index contributed by atoms with van der Waals surface area (Å²) in [5.41, 5.74) is 3.02. The number of ether oxygens (including phenoxy) is 1. The van der Waals surface area contributed by atoms with Gasteiger partial charge in [0.05, 0.1) is 12.6 Å². The van der Waals surface area contributed by atoms with Crippen molar-refractivity contribution < 1.29 is 14.6 Å². The van der Waals surface area contributed by atoms with Crippen molar-refractivity contribution >= 4 is 23.1 Å². The Labute approximate surface area is 184 Å². The average Bonchev–Trinajstić information content (AvgIpc) is 3.46. The molecule has 2 aliphatic rings. The maximum atomic E-state index is 13.7. The number of nitrogens with zero attached hydrogens (tertiary/aromatic N) is 4. The fourth-order valence-electron chi connectivity index (χ4n) is 4.56. The number of likely N-dealkylation sites (tertiary alicyclic amines) is 1. The molecule has 2 saturated heterocycles. The van der Waals surface area contributed by atoms with Gasteiger partial charge in [0.25, 0.3) is 5.56 Å². The third-order valence-corrected chi connectivity index (χ3v) is 6.27. The lowest BCUT2D eigenvalue weighted by Crippen LogP contribution is -2.31. The first-order valence-corrected chi connectivity index (χ1v) is 10.8. The summed E-state index contributed by atoms with van der Waals surface area (Å²) in [6.45, 7) is 3.93. The van der Waals surface area contributed by atoms with Crippen LogP contribution in [0.1, 0.15) is 24.4 Å². The predicted octanol–water partition coefficient (Wildman–Crippen LogP) is 2.89. The van der Waals surface area contributed by atoms with Crippen molar-refractivity contribution in [3.05, 3.63) is 52.4 Å². The van der Waals surface area contributed by atoms with Gasteiger partial charge in [-0.15, -0.1) is 0 Å². The molecule has 2 aliphatic heterocycles. The zero-order valence-corrected chi connectivity index (χ0v) is 17.8. The highest BCUT2D eigenvalue weighted by atomic mass is 16.5. The number of fused-ring (bicyclic) bond motifs is 1. The number of anilines is 1. The lowest BCUT2D eigenvalue weighted by atomic mass is 10.0. The van der Waals surface area contributed by atoms with Crippen molar-refractivity contribution in [1.82, 2.24) is 19.4 Å². The molecule has 9 nitrogen and oxygen atoms in total. The van der Waals surface area contributed by atoms with Crippen LogP contribution in [0.5, 0.6) is 0 Å². The maximum Gasteiger partial charge on any atom is 0.407 e. The summed E-state index contributed by atoms with van der Waals surface area (Å²) < 4.78 is 7.32. The topological polar surface area (TPSA) is 110 Å². The van der Waals surface area contributed by atoms with Crippen molar-refractivity contribution in [2.24, 2.45) is 0 Å². The summed E-state index contributed by atoms with van der Waals surface area (Å²) in [5, 5.41) is 13.2. The van der Waals surface area contributed by atoms with E-state index in [4.69, 9.17) is 9.72 Å². The second-order valence-corrected chi connectivity index (χ2v) is 8.40. The number of hydrogen-bond donors (Lipinski definition) is 2. The SMILES string of the molecule is Cc1ccccc1-c1cc2cnc(N[C@H]3CCN(C(=O)O)C3)nc2n(C2CCOC2)c1=O. The Bertz CT molecular complexity index is 1230. The van der Waals surface area contributed by atoms with E-state index < -0.39 is 6.09 Å². The van der Waals surface area contributed by atoms with Gasteiger partial charge in [-0.3, -0.25) is 9.36 Å². The van der Waals surface area contributed by atoms with Gasteiger partial charge in [0.1, 0.15) is 5.65 Å². The van der Waals surface area contributed by atoms with Crippen LogP contribution < -0.4 is 10.9 Å². The quantitative estimate of drug-likeness (QED) is 0.648. The fraction of sp³-hybridized carbons (Fsp3) is 0.391. The van der Waals surface area contributed by atoms with E-state index in [9.17, 15) is 14.7 Å². The van der Waals surface area contributed by atoms with E-state index in [0.29, 0.717) is 49.9 Å². The Hall–Kier alpha value is -3.46. The average molecular weight is 435 g/mol. The smallest absolute Gasteiger partial charge is 0.407 e. The second kappa shape index (κ2) is 8.23. The van der Waals surface area contributed by atoms with E-state index >= 15 is 0 Å². The summed E-state index contributed by atoms with van der Waals surface area (Å²) in [4.78, 5) is 35.4. The molecule has 0 saturated carbocycles. The number of rotatable bonds is 4. The van der Waals surface area contributed by atoms with Crippen molar-refractivity contribution in [1.29, 1.82) is 0 Å². The molecule has 1 amide bonds. The molecule has 2 atom stereocenters. The van der Waals surface area contributed by atoms with Crippen LogP contribution in [0.25, 0.3) is 22.2 Å². The van der Waals surface area contributed by atoms with Crippen LogP contribution in [0.2, 0.25) is 0 Å². The Kier molecular flexibility index (Phi) is 5.26. The fourth-order valence-corrected chi connectivity index (χ4v) is 4.56. The highest BCUT2D eigenvalue weighted by Gasteiger charge is 2.27. The molecule has 9 heteroatoms. The minimum atomic E-state index is -0.924. The molecule has 2 fully saturated rings. The number of carboxylic acid groups (broad SMARTS) is 1. The summed E-state index contributed by atoms with van der Waals surface area (Å²) >= 11 is 0. The molecule has 5 rings (SSSR count). The van der Waals surface area contributed by atoms with Crippen LogP contribution in [0.3, 0.4) is 0 Å². The van der Waals surface area contributed by atoms with E-state index in [0.717, 1.165) is 22.9 Å². The van der Waals surface area contributed by atoms with Crippen LogP contribution in [0.4, 0.5) is 10.7 Å². The normalized spacial score (nSPS) is 20.7. The van der Waals surface area contributed by atoms with E-state index in [1.54, 1.807) is 10.8 Å².